The number of ether oxygens (including phenoxy) is 2. The van der Waals surface area contributed by atoms with Crippen molar-refractivity contribution in [2.75, 3.05) is 45.5 Å². The predicted molar refractivity (Wildman–Crippen MR) is 84.7 cm³/mol. The Kier molecular flexibility index (Phi) is 7.14. The molecular formula is C14H20N2O6S. The monoisotopic (exact) mass is 344 g/mol. The van der Waals surface area contributed by atoms with Crippen LogP contribution in [0.3, 0.4) is 0 Å². The summed E-state index contributed by atoms with van der Waals surface area (Å²) in [6.07, 6.45) is 1.03. The molecule has 0 heterocycles. The van der Waals surface area contributed by atoms with E-state index < -0.39 is 21.9 Å². The van der Waals surface area contributed by atoms with Crippen LogP contribution in [0.4, 0.5) is 5.69 Å². The van der Waals surface area contributed by atoms with Crippen LogP contribution in [0.2, 0.25) is 0 Å². The van der Waals surface area contributed by atoms with E-state index in [1.54, 1.807) is 0 Å². The second-order valence-electron chi connectivity index (χ2n) is 4.71. The maximum Gasteiger partial charge on any atom is 0.337 e. The van der Waals surface area contributed by atoms with Gasteiger partial charge in [-0.25, -0.2) is 13.2 Å². The highest BCUT2D eigenvalue weighted by Gasteiger charge is 2.19. The summed E-state index contributed by atoms with van der Waals surface area (Å²) in [5.41, 5.74) is 0.797. The number of esters is 1. The van der Waals surface area contributed by atoms with Gasteiger partial charge in [-0.1, -0.05) is 0 Å². The second-order valence-corrected chi connectivity index (χ2v) is 6.69. The third-order valence-electron chi connectivity index (χ3n) is 2.92. The standard InChI is InChI=1S/C14H20N2O6S/c1-21-9-8-16(23(3,19)20)10-13(17)15-12-6-4-11(5-7-12)14(18)22-2/h4-7H,8-10H2,1-3H3,(H,15,17). The number of rotatable bonds is 8. The molecule has 1 rings (SSSR count). The number of hydrogen-bond donors (Lipinski definition) is 1. The Labute approximate surface area is 135 Å². The molecule has 1 aromatic carbocycles. The van der Waals surface area contributed by atoms with Gasteiger partial charge >= 0.3 is 5.97 Å². The van der Waals surface area contributed by atoms with E-state index in [1.165, 1.54) is 38.5 Å². The fourth-order valence-corrected chi connectivity index (χ4v) is 2.48. The van der Waals surface area contributed by atoms with Gasteiger partial charge in [0.25, 0.3) is 0 Å². The SMILES string of the molecule is COCCN(CC(=O)Nc1ccc(C(=O)OC)cc1)S(C)(=O)=O. The predicted octanol–water partition coefficient (Wildman–Crippen LogP) is 0.320. The lowest BCUT2D eigenvalue weighted by atomic mass is 10.2. The molecule has 0 aliphatic carbocycles. The minimum absolute atomic E-state index is 0.0873. The van der Waals surface area contributed by atoms with Crippen LogP contribution in [0.5, 0.6) is 0 Å². The van der Waals surface area contributed by atoms with Crippen LogP contribution in [-0.4, -0.2) is 64.8 Å². The molecule has 0 fully saturated rings. The Morgan fingerprint density at radius 3 is 2.26 bits per heavy atom. The van der Waals surface area contributed by atoms with Crippen LogP contribution in [0.1, 0.15) is 10.4 Å². The Balaban J connectivity index is 2.69. The van der Waals surface area contributed by atoms with E-state index in [9.17, 15) is 18.0 Å². The highest BCUT2D eigenvalue weighted by molar-refractivity contribution is 7.88. The maximum absolute atomic E-state index is 12.0. The number of sulfonamides is 1. The lowest BCUT2D eigenvalue weighted by Crippen LogP contribution is -2.39. The largest absolute Gasteiger partial charge is 0.465 e. The van der Waals surface area contributed by atoms with Crippen molar-refractivity contribution in [2.45, 2.75) is 0 Å². The average molecular weight is 344 g/mol. The highest BCUT2D eigenvalue weighted by atomic mass is 32.2. The lowest BCUT2D eigenvalue weighted by molar-refractivity contribution is -0.116. The van der Waals surface area contributed by atoms with Crippen LogP contribution in [-0.2, 0) is 24.3 Å². The van der Waals surface area contributed by atoms with Crippen molar-refractivity contribution in [1.82, 2.24) is 4.31 Å². The minimum atomic E-state index is -3.51. The number of nitrogens with zero attached hydrogens (tertiary/aromatic N) is 1. The first-order valence-electron chi connectivity index (χ1n) is 6.70. The first-order chi connectivity index (χ1) is 10.8. The summed E-state index contributed by atoms with van der Waals surface area (Å²) in [5.74, 6) is -0.969. The normalized spacial score (nSPS) is 11.3. The molecule has 1 aromatic rings. The molecule has 8 nitrogen and oxygen atoms in total. The zero-order chi connectivity index (χ0) is 17.5. The van der Waals surface area contributed by atoms with Crippen molar-refractivity contribution in [3.63, 3.8) is 0 Å². The molecule has 0 aliphatic rings. The van der Waals surface area contributed by atoms with Gasteiger partial charge in [-0.3, -0.25) is 4.79 Å². The van der Waals surface area contributed by atoms with Crippen LogP contribution in [0.15, 0.2) is 24.3 Å². The van der Waals surface area contributed by atoms with Gasteiger partial charge in [-0.05, 0) is 24.3 Å². The van der Waals surface area contributed by atoms with Gasteiger partial charge in [-0.2, -0.15) is 4.31 Å². The summed E-state index contributed by atoms with van der Waals surface area (Å²) in [6, 6.07) is 6.07. The number of anilines is 1. The molecule has 0 radical (unpaired) electrons. The first-order valence-corrected chi connectivity index (χ1v) is 8.55. The molecule has 128 valence electrons. The Hall–Kier alpha value is -1.97. The van der Waals surface area contributed by atoms with Gasteiger partial charge in [-0.15, -0.1) is 0 Å². The topological polar surface area (TPSA) is 102 Å². The van der Waals surface area contributed by atoms with E-state index in [-0.39, 0.29) is 19.7 Å². The summed E-state index contributed by atoms with van der Waals surface area (Å²) in [6.45, 7) is -0.0425. The van der Waals surface area contributed by atoms with Crippen molar-refractivity contribution >= 4 is 27.6 Å². The third-order valence-corrected chi connectivity index (χ3v) is 4.17. The van der Waals surface area contributed by atoms with Crippen LogP contribution in [0.25, 0.3) is 0 Å². The molecule has 0 bridgehead atoms. The number of carbonyl (C=O) groups is 2. The van der Waals surface area contributed by atoms with Crippen molar-refractivity contribution in [3.8, 4) is 0 Å². The minimum Gasteiger partial charge on any atom is -0.465 e. The molecular weight excluding hydrogens is 324 g/mol. The fourth-order valence-electron chi connectivity index (χ4n) is 1.72. The maximum atomic E-state index is 12.0. The molecule has 1 N–H and O–H groups in total. The summed E-state index contributed by atoms with van der Waals surface area (Å²) < 4.78 is 33.7. The van der Waals surface area contributed by atoms with E-state index in [0.29, 0.717) is 11.3 Å². The highest BCUT2D eigenvalue weighted by Crippen LogP contribution is 2.10. The zero-order valence-electron chi connectivity index (χ0n) is 13.2. The van der Waals surface area contributed by atoms with Crippen molar-refractivity contribution in [3.05, 3.63) is 29.8 Å². The fraction of sp³-hybridized carbons (Fsp3) is 0.429. The molecule has 0 saturated heterocycles. The van der Waals surface area contributed by atoms with Gasteiger partial charge in [0.05, 0.1) is 32.1 Å². The molecule has 0 saturated carbocycles. The first kappa shape index (κ1) is 19.1. The lowest BCUT2D eigenvalue weighted by Gasteiger charge is -2.19. The van der Waals surface area contributed by atoms with Crippen molar-refractivity contribution in [2.24, 2.45) is 0 Å². The van der Waals surface area contributed by atoms with Crippen LogP contribution < -0.4 is 5.32 Å². The molecule has 23 heavy (non-hydrogen) atoms. The molecule has 0 aliphatic heterocycles. The second kappa shape index (κ2) is 8.61. The van der Waals surface area contributed by atoms with E-state index in [0.717, 1.165) is 10.6 Å². The Morgan fingerprint density at radius 2 is 1.78 bits per heavy atom. The summed E-state index contributed by atoms with van der Waals surface area (Å²) >= 11 is 0. The third kappa shape index (κ3) is 6.35. The summed E-state index contributed by atoms with van der Waals surface area (Å²) in [7, 11) is -0.791. The average Bonchev–Trinajstić information content (AvgIpc) is 2.50. The molecule has 9 heteroatoms. The molecule has 0 unspecified atom stereocenters. The quantitative estimate of drug-likeness (QED) is 0.682. The van der Waals surface area contributed by atoms with Crippen LogP contribution >= 0.6 is 0 Å². The smallest absolute Gasteiger partial charge is 0.337 e. The number of benzene rings is 1. The van der Waals surface area contributed by atoms with Gasteiger partial charge in [0.1, 0.15) is 0 Å². The number of amides is 1. The van der Waals surface area contributed by atoms with Crippen molar-refractivity contribution < 1.29 is 27.5 Å². The van der Waals surface area contributed by atoms with Gasteiger partial charge < -0.3 is 14.8 Å². The van der Waals surface area contributed by atoms with E-state index in [2.05, 4.69) is 10.1 Å². The van der Waals surface area contributed by atoms with E-state index in [4.69, 9.17) is 4.74 Å². The van der Waals surface area contributed by atoms with Crippen LogP contribution in [0, 0.1) is 0 Å². The zero-order valence-corrected chi connectivity index (χ0v) is 14.1. The number of nitrogens with one attached hydrogen (secondary N) is 1. The number of methoxy groups -OCH3 is 2. The molecule has 0 atom stereocenters. The van der Waals surface area contributed by atoms with E-state index >= 15 is 0 Å². The van der Waals surface area contributed by atoms with Gasteiger partial charge in [0, 0.05) is 19.3 Å². The molecule has 0 spiro atoms. The molecule has 1 amide bonds. The van der Waals surface area contributed by atoms with Gasteiger partial charge in [0.15, 0.2) is 0 Å². The number of carbonyl (C=O) groups excluding carboxylic acids is 2. The molecule has 0 aromatic heterocycles. The summed E-state index contributed by atoms with van der Waals surface area (Å²) in [5, 5.41) is 2.57. The summed E-state index contributed by atoms with van der Waals surface area (Å²) in [4.78, 5) is 23.3. The Bertz CT molecular complexity index is 642. The number of hydrogen-bond acceptors (Lipinski definition) is 6. The van der Waals surface area contributed by atoms with Gasteiger partial charge in [0.2, 0.25) is 15.9 Å². The van der Waals surface area contributed by atoms with Crippen molar-refractivity contribution in [1.29, 1.82) is 0 Å². The van der Waals surface area contributed by atoms with E-state index in [1.807, 2.05) is 0 Å². The Morgan fingerprint density at radius 1 is 1.17 bits per heavy atom.